The van der Waals surface area contributed by atoms with Crippen molar-refractivity contribution >= 4 is 39.9 Å². The third-order valence-electron chi connectivity index (χ3n) is 3.57. The van der Waals surface area contributed by atoms with E-state index in [0.717, 1.165) is 0 Å². The first-order chi connectivity index (χ1) is 12.8. The quantitative estimate of drug-likeness (QED) is 0.369. The van der Waals surface area contributed by atoms with Gasteiger partial charge in [-0.15, -0.1) is 12.4 Å². The van der Waals surface area contributed by atoms with Crippen LogP contribution in [0, 0.1) is 5.41 Å². The van der Waals surface area contributed by atoms with Gasteiger partial charge in [-0.3, -0.25) is 10.2 Å². The van der Waals surface area contributed by atoms with Crippen molar-refractivity contribution in [2.24, 2.45) is 5.73 Å². The molecule has 0 aliphatic rings. The van der Waals surface area contributed by atoms with Gasteiger partial charge in [-0.25, -0.2) is 13.1 Å². The van der Waals surface area contributed by atoms with Gasteiger partial charge >= 0.3 is 0 Å². The van der Waals surface area contributed by atoms with Gasteiger partial charge < -0.3 is 20.5 Å². The molecule has 2 aromatic carbocycles. The summed E-state index contributed by atoms with van der Waals surface area (Å²) in [4.78, 5) is 12.0. The number of ether oxygens (including phenoxy) is 2. The summed E-state index contributed by atoms with van der Waals surface area (Å²) in [5.74, 6) is 0.221. The number of sulfonamides is 1. The van der Waals surface area contributed by atoms with Crippen molar-refractivity contribution in [2.45, 2.75) is 4.90 Å². The molecule has 9 nitrogen and oxygen atoms in total. The maximum atomic E-state index is 12.2. The van der Waals surface area contributed by atoms with Gasteiger partial charge in [0, 0.05) is 17.3 Å². The molecular formula is C17H21ClN4O5S. The minimum Gasteiger partial charge on any atom is -0.493 e. The number of benzene rings is 2. The molecule has 0 heterocycles. The summed E-state index contributed by atoms with van der Waals surface area (Å²) in [6, 6.07) is 10.2. The summed E-state index contributed by atoms with van der Waals surface area (Å²) in [5.41, 5.74) is 6.17. The first kappa shape index (κ1) is 23.2. The minimum absolute atomic E-state index is 0. The fraction of sp³-hybridized carbons (Fsp3) is 0.176. The molecule has 5 N–H and O–H groups in total. The van der Waals surface area contributed by atoms with Crippen molar-refractivity contribution in [3.63, 3.8) is 0 Å². The largest absolute Gasteiger partial charge is 0.493 e. The normalized spacial score (nSPS) is 10.5. The van der Waals surface area contributed by atoms with Crippen LogP contribution in [0.4, 0.5) is 5.69 Å². The van der Waals surface area contributed by atoms with E-state index in [0.29, 0.717) is 22.7 Å². The van der Waals surface area contributed by atoms with Crippen LogP contribution in [0.2, 0.25) is 0 Å². The Hall–Kier alpha value is -2.82. The van der Waals surface area contributed by atoms with E-state index >= 15 is 0 Å². The molecule has 0 radical (unpaired) electrons. The Bertz CT molecular complexity index is 949. The lowest BCUT2D eigenvalue weighted by molar-refractivity contribution is -0.115. The van der Waals surface area contributed by atoms with Crippen LogP contribution in [0.5, 0.6) is 11.5 Å². The van der Waals surface area contributed by atoms with Gasteiger partial charge in [-0.1, -0.05) is 0 Å². The van der Waals surface area contributed by atoms with Gasteiger partial charge in [0.25, 0.3) is 0 Å². The molecule has 0 saturated heterocycles. The molecule has 28 heavy (non-hydrogen) atoms. The number of nitrogen functional groups attached to an aromatic ring is 1. The predicted octanol–water partition coefficient (Wildman–Crippen LogP) is 1.33. The van der Waals surface area contributed by atoms with Gasteiger partial charge in [0.1, 0.15) is 5.84 Å². The second-order valence-electron chi connectivity index (χ2n) is 5.38. The first-order valence-corrected chi connectivity index (χ1v) is 9.21. The number of hydrogen-bond acceptors (Lipinski definition) is 6. The van der Waals surface area contributed by atoms with Gasteiger partial charge in [-0.05, 0) is 36.4 Å². The minimum atomic E-state index is -3.88. The molecule has 0 unspecified atom stereocenters. The first-order valence-electron chi connectivity index (χ1n) is 7.73. The summed E-state index contributed by atoms with van der Waals surface area (Å²) in [5, 5.41) is 9.87. The molecule has 0 aliphatic heterocycles. The Morgan fingerprint density at radius 1 is 1.07 bits per heavy atom. The van der Waals surface area contributed by atoms with Crippen LogP contribution in [0.3, 0.4) is 0 Å². The summed E-state index contributed by atoms with van der Waals surface area (Å²) < 4.78 is 37.0. The van der Waals surface area contributed by atoms with E-state index < -0.39 is 22.5 Å². The highest BCUT2D eigenvalue weighted by atomic mass is 35.5. The maximum absolute atomic E-state index is 12.2. The molecule has 1 amide bonds. The van der Waals surface area contributed by atoms with Crippen LogP contribution in [0.25, 0.3) is 0 Å². The number of carbonyl (C=O) groups is 1. The van der Waals surface area contributed by atoms with Crippen molar-refractivity contribution in [1.82, 2.24) is 4.72 Å². The number of carbonyl (C=O) groups excluding carboxylic acids is 1. The average molecular weight is 429 g/mol. The molecule has 0 aromatic heterocycles. The van der Waals surface area contributed by atoms with Crippen molar-refractivity contribution in [1.29, 1.82) is 5.41 Å². The highest BCUT2D eigenvalue weighted by Crippen LogP contribution is 2.29. The second kappa shape index (κ2) is 9.93. The molecule has 2 rings (SSSR count). The van der Waals surface area contributed by atoms with Gasteiger partial charge in [0.15, 0.2) is 11.5 Å². The fourth-order valence-corrected chi connectivity index (χ4v) is 3.16. The lowest BCUT2D eigenvalue weighted by Crippen LogP contribution is -2.33. The Morgan fingerprint density at radius 2 is 1.68 bits per heavy atom. The zero-order valence-electron chi connectivity index (χ0n) is 15.2. The number of nitrogens with one attached hydrogen (secondary N) is 3. The molecule has 0 spiro atoms. The summed E-state index contributed by atoms with van der Waals surface area (Å²) in [7, 11) is -0.919. The number of rotatable bonds is 8. The number of amides is 1. The number of amidine groups is 1. The highest BCUT2D eigenvalue weighted by Gasteiger charge is 2.16. The van der Waals surface area contributed by atoms with E-state index in [4.69, 9.17) is 20.6 Å². The summed E-state index contributed by atoms with van der Waals surface area (Å²) >= 11 is 0. The van der Waals surface area contributed by atoms with Crippen molar-refractivity contribution < 1.29 is 22.7 Å². The molecular weight excluding hydrogens is 408 g/mol. The standard InChI is InChI=1S/C17H20N4O5S.ClH/c1-25-14-8-5-12(9-15(14)26-2)21-16(22)10-20-27(23,24)13-6-3-11(4-7-13)17(18)19;/h3-9,20H,10H2,1-2H3,(H3,18,19)(H,21,22);1H. The Morgan fingerprint density at radius 3 is 2.21 bits per heavy atom. The number of halogens is 1. The third-order valence-corrected chi connectivity index (χ3v) is 4.98. The van der Waals surface area contributed by atoms with Crippen LogP contribution in [-0.2, 0) is 14.8 Å². The predicted molar refractivity (Wildman–Crippen MR) is 108 cm³/mol. The van der Waals surface area contributed by atoms with Crippen molar-refractivity contribution in [2.75, 3.05) is 26.1 Å². The van der Waals surface area contributed by atoms with Gasteiger partial charge in [0.05, 0.1) is 25.7 Å². The van der Waals surface area contributed by atoms with E-state index in [1.807, 2.05) is 0 Å². The monoisotopic (exact) mass is 428 g/mol. The Labute approximate surface area is 169 Å². The summed E-state index contributed by atoms with van der Waals surface area (Å²) in [6.07, 6.45) is 0. The molecule has 152 valence electrons. The molecule has 0 fully saturated rings. The van der Waals surface area contributed by atoms with Crippen LogP contribution in [0.1, 0.15) is 5.56 Å². The van der Waals surface area contributed by atoms with Crippen LogP contribution in [0.15, 0.2) is 47.4 Å². The second-order valence-corrected chi connectivity index (χ2v) is 7.15. The van der Waals surface area contributed by atoms with E-state index in [1.165, 1.54) is 38.5 Å². The lowest BCUT2D eigenvalue weighted by atomic mass is 10.2. The topological polar surface area (TPSA) is 144 Å². The molecule has 2 aromatic rings. The van der Waals surface area contributed by atoms with E-state index in [9.17, 15) is 13.2 Å². The fourth-order valence-electron chi connectivity index (χ4n) is 2.18. The molecule has 11 heteroatoms. The third kappa shape index (κ3) is 5.84. The van der Waals surface area contributed by atoms with Crippen molar-refractivity contribution in [3.05, 3.63) is 48.0 Å². The smallest absolute Gasteiger partial charge is 0.241 e. The molecule has 0 atom stereocenters. The zero-order valence-corrected chi connectivity index (χ0v) is 16.8. The van der Waals surface area contributed by atoms with Gasteiger partial charge in [0.2, 0.25) is 15.9 Å². The highest BCUT2D eigenvalue weighted by molar-refractivity contribution is 7.89. The van der Waals surface area contributed by atoms with E-state index in [-0.39, 0.29) is 23.1 Å². The number of anilines is 1. The number of methoxy groups -OCH3 is 2. The van der Waals surface area contributed by atoms with Crippen LogP contribution >= 0.6 is 12.4 Å². The molecule has 0 bridgehead atoms. The SMILES string of the molecule is COc1ccc(NC(=O)CNS(=O)(=O)c2ccc(C(=N)N)cc2)cc1OC.Cl. The van der Waals surface area contributed by atoms with E-state index in [1.54, 1.807) is 18.2 Å². The van der Waals surface area contributed by atoms with Crippen LogP contribution in [-0.4, -0.2) is 40.9 Å². The Kier molecular flexibility index (Phi) is 8.23. The van der Waals surface area contributed by atoms with Gasteiger partial charge in [-0.2, -0.15) is 0 Å². The molecule has 0 saturated carbocycles. The maximum Gasteiger partial charge on any atom is 0.241 e. The van der Waals surface area contributed by atoms with E-state index in [2.05, 4.69) is 10.0 Å². The number of hydrogen-bond donors (Lipinski definition) is 4. The van der Waals surface area contributed by atoms with Crippen molar-refractivity contribution in [3.8, 4) is 11.5 Å². The zero-order chi connectivity index (χ0) is 20.0. The van der Waals surface area contributed by atoms with Crippen LogP contribution < -0.4 is 25.2 Å². The number of nitrogens with two attached hydrogens (primary N) is 1. The lowest BCUT2D eigenvalue weighted by Gasteiger charge is -2.11. The average Bonchev–Trinajstić information content (AvgIpc) is 2.66. The Balaban J connectivity index is 0.00000392. The molecule has 0 aliphatic carbocycles. The summed E-state index contributed by atoms with van der Waals surface area (Å²) in [6.45, 7) is -0.453.